The summed E-state index contributed by atoms with van der Waals surface area (Å²) < 4.78 is 0. The smallest absolute Gasteiger partial charge is 0.0655 e. The molecule has 1 nitrogen and oxygen atoms in total. The molecule has 0 aromatic carbocycles. The first kappa shape index (κ1) is 15.1. The van der Waals surface area contributed by atoms with E-state index in [1.807, 2.05) is 0 Å². The summed E-state index contributed by atoms with van der Waals surface area (Å²) in [5.74, 6) is 4.88. The van der Waals surface area contributed by atoms with Gasteiger partial charge in [-0.3, -0.25) is 0 Å². The van der Waals surface area contributed by atoms with Gasteiger partial charge < -0.3 is 0 Å². The number of nitrogens with zero attached hydrogens (tertiary/aromatic N) is 1. The Labute approximate surface area is 130 Å². The van der Waals surface area contributed by atoms with E-state index in [0.29, 0.717) is 5.92 Å². The van der Waals surface area contributed by atoms with Crippen LogP contribution < -0.4 is 0 Å². The Balaban J connectivity index is 1.49. The SMILES string of the molecule is CC1CCC(C2C=CC(C3CCC(C#N)CC3)CC2)CC1. The molecule has 1 heteroatoms. The molecule has 0 radical (unpaired) electrons. The van der Waals surface area contributed by atoms with Crippen LogP contribution in [0.25, 0.3) is 0 Å². The Morgan fingerprint density at radius 1 is 0.714 bits per heavy atom. The molecule has 3 aliphatic rings. The highest BCUT2D eigenvalue weighted by molar-refractivity contribution is 5.03. The predicted molar refractivity (Wildman–Crippen MR) is 87.5 cm³/mol. The van der Waals surface area contributed by atoms with Crippen LogP contribution in [0.1, 0.15) is 71.1 Å². The van der Waals surface area contributed by atoms with Crippen LogP contribution >= 0.6 is 0 Å². The van der Waals surface area contributed by atoms with Crippen molar-refractivity contribution in [3.8, 4) is 6.07 Å². The Bertz CT molecular complexity index is 389. The van der Waals surface area contributed by atoms with Crippen molar-refractivity contribution in [3.63, 3.8) is 0 Å². The summed E-state index contributed by atoms with van der Waals surface area (Å²) in [6.45, 7) is 2.42. The zero-order chi connectivity index (χ0) is 14.7. The van der Waals surface area contributed by atoms with Gasteiger partial charge in [0.2, 0.25) is 0 Å². The first-order valence-electron chi connectivity index (χ1n) is 9.34. The third-order valence-corrected chi connectivity index (χ3v) is 6.66. The molecule has 116 valence electrons. The van der Waals surface area contributed by atoms with E-state index < -0.39 is 0 Å². The Morgan fingerprint density at radius 2 is 1.19 bits per heavy atom. The van der Waals surface area contributed by atoms with E-state index in [-0.39, 0.29) is 0 Å². The Hall–Kier alpha value is -0.770. The third kappa shape index (κ3) is 3.71. The maximum absolute atomic E-state index is 9.02. The Kier molecular flexibility index (Phi) is 5.04. The van der Waals surface area contributed by atoms with Crippen molar-refractivity contribution in [2.24, 2.45) is 35.5 Å². The van der Waals surface area contributed by atoms with Crippen molar-refractivity contribution in [2.75, 3.05) is 0 Å². The van der Waals surface area contributed by atoms with Crippen LogP contribution in [0.15, 0.2) is 12.2 Å². The second kappa shape index (κ2) is 6.99. The highest BCUT2D eigenvalue weighted by Crippen LogP contribution is 2.42. The summed E-state index contributed by atoms with van der Waals surface area (Å²) in [6.07, 6.45) is 18.7. The molecule has 0 spiro atoms. The van der Waals surface area contributed by atoms with Crippen molar-refractivity contribution < 1.29 is 0 Å². The lowest BCUT2D eigenvalue weighted by Crippen LogP contribution is -2.26. The monoisotopic (exact) mass is 285 g/mol. The average Bonchev–Trinajstić information content (AvgIpc) is 2.56. The van der Waals surface area contributed by atoms with E-state index in [9.17, 15) is 0 Å². The summed E-state index contributed by atoms with van der Waals surface area (Å²) in [5.41, 5.74) is 0. The summed E-state index contributed by atoms with van der Waals surface area (Å²) in [4.78, 5) is 0. The quantitative estimate of drug-likeness (QED) is 0.595. The van der Waals surface area contributed by atoms with E-state index in [2.05, 4.69) is 25.1 Å². The molecule has 0 heterocycles. The normalized spacial score (nSPS) is 44.2. The molecule has 0 bridgehead atoms. The van der Waals surface area contributed by atoms with E-state index >= 15 is 0 Å². The highest BCUT2D eigenvalue weighted by atomic mass is 14.4. The molecule has 0 aromatic heterocycles. The van der Waals surface area contributed by atoms with Gasteiger partial charge in [0.25, 0.3) is 0 Å². The van der Waals surface area contributed by atoms with Crippen LogP contribution in [0.5, 0.6) is 0 Å². The maximum atomic E-state index is 9.02. The largest absolute Gasteiger partial charge is 0.198 e. The topological polar surface area (TPSA) is 23.8 Å². The fourth-order valence-corrected chi connectivity index (χ4v) is 5.04. The van der Waals surface area contributed by atoms with Crippen molar-refractivity contribution >= 4 is 0 Å². The molecule has 2 unspecified atom stereocenters. The van der Waals surface area contributed by atoms with Gasteiger partial charge in [-0.2, -0.15) is 5.26 Å². The molecule has 3 rings (SSSR count). The Morgan fingerprint density at radius 3 is 1.62 bits per heavy atom. The van der Waals surface area contributed by atoms with Gasteiger partial charge in [-0.05, 0) is 81.0 Å². The summed E-state index contributed by atoms with van der Waals surface area (Å²) in [5, 5.41) is 9.02. The fourth-order valence-electron chi connectivity index (χ4n) is 5.04. The molecule has 0 saturated heterocycles. The van der Waals surface area contributed by atoms with Gasteiger partial charge >= 0.3 is 0 Å². The first-order chi connectivity index (χ1) is 10.3. The number of hydrogen-bond donors (Lipinski definition) is 0. The van der Waals surface area contributed by atoms with E-state index in [1.54, 1.807) is 0 Å². The molecule has 0 aromatic rings. The summed E-state index contributed by atoms with van der Waals surface area (Å²) >= 11 is 0. The number of hydrogen-bond acceptors (Lipinski definition) is 1. The van der Waals surface area contributed by atoms with Crippen molar-refractivity contribution in [3.05, 3.63) is 12.2 Å². The van der Waals surface area contributed by atoms with E-state index in [0.717, 1.165) is 42.4 Å². The zero-order valence-corrected chi connectivity index (χ0v) is 13.6. The molecule has 0 aliphatic heterocycles. The molecule has 2 atom stereocenters. The van der Waals surface area contributed by atoms with Gasteiger partial charge in [0.1, 0.15) is 0 Å². The summed E-state index contributed by atoms with van der Waals surface area (Å²) in [7, 11) is 0. The second-order valence-electron chi connectivity index (χ2n) is 8.05. The molecule has 0 amide bonds. The fraction of sp³-hybridized carbons (Fsp3) is 0.850. The lowest BCUT2D eigenvalue weighted by molar-refractivity contribution is 0.193. The van der Waals surface area contributed by atoms with Crippen LogP contribution in [0.3, 0.4) is 0 Å². The summed E-state index contributed by atoms with van der Waals surface area (Å²) in [6, 6.07) is 2.46. The number of nitriles is 1. The standard InChI is InChI=1S/C20H31N/c1-15-2-6-17(7-3-15)19-10-12-20(13-11-19)18-8-4-16(14-21)5-9-18/h10,12,15-20H,2-9,11,13H2,1H3. The van der Waals surface area contributed by atoms with Gasteiger partial charge in [-0.1, -0.05) is 31.9 Å². The van der Waals surface area contributed by atoms with E-state index in [4.69, 9.17) is 5.26 Å². The van der Waals surface area contributed by atoms with Gasteiger partial charge in [0.15, 0.2) is 0 Å². The molecule has 2 fully saturated rings. The van der Waals surface area contributed by atoms with Gasteiger partial charge in [0.05, 0.1) is 6.07 Å². The van der Waals surface area contributed by atoms with Gasteiger partial charge in [0, 0.05) is 5.92 Å². The van der Waals surface area contributed by atoms with Crippen molar-refractivity contribution in [1.82, 2.24) is 0 Å². The van der Waals surface area contributed by atoms with Gasteiger partial charge in [-0.25, -0.2) is 0 Å². The molecule has 0 N–H and O–H groups in total. The molecule has 21 heavy (non-hydrogen) atoms. The second-order valence-corrected chi connectivity index (χ2v) is 8.05. The predicted octanol–water partition coefficient (Wildman–Crippen LogP) is 5.73. The highest BCUT2D eigenvalue weighted by Gasteiger charge is 2.31. The molecular weight excluding hydrogens is 254 g/mol. The maximum Gasteiger partial charge on any atom is 0.0655 e. The van der Waals surface area contributed by atoms with Crippen LogP contribution in [0, 0.1) is 46.8 Å². The van der Waals surface area contributed by atoms with Crippen molar-refractivity contribution in [1.29, 1.82) is 5.26 Å². The zero-order valence-electron chi connectivity index (χ0n) is 13.6. The van der Waals surface area contributed by atoms with Crippen LogP contribution in [-0.2, 0) is 0 Å². The molecule has 3 aliphatic carbocycles. The van der Waals surface area contributed by atoms with Crippen molar-refractivity contribution in [2.45, 2.75) is 71.1 Å². The first-order valence-corrected chi connectivity index (χ1v) is 9.34. The third-order valence-electron chi connectivity index (χ3n) is 6.66. The van der Waals surface area contributed by atoms with Crippen LogP contribution in [-0.4, -0.2) is 0 Å². The number of rotatable bonds is 2. The molecular formula is C20H31N. The minimum Gasteiger partial charge on any atom is -0.198 e. The lowest BCUT2D eigenvalue weighted by Gasteiger charge is -2.37. The number of allylic oxidation sites excluding steroid dienone is 2. The minimum atomic E-state index is 0.353. The van der Waals surface area contributed by atoms with Gasteiger partial charge in [-0.15, -0.1) is 0 Å². The average molecular weight is 285 g/mol. The van der Waals surface area contributed by atoms with E-state index in [1.165, 1.54) is 51.4 Å². The minimum absolute atomic E-state index is 0.353. The van der Waals surface area contributed by atoms with Crippen LogP contribution in [0.2, 0.25) is 0 Å². The van der Waals surface area contributed by atoms with Crippen LogP contribution in [0.4, 0.5) is 0 Å². The molecule has 2 saturated carbocycles. The lowest BCUT2D eigenvalue weighted by atomic mass is 9.68.